The van der Waals surface area contributed by atoms with Crippen molar-refractivity contribution in [1.29, 1.82) is 0 Å². The molecule has 8 heteroatoms. The van der Waals surface area contributed by atoms with Crippen molar-refractivity contribution in [1.82, 2.24) is 14.8 Å². The van der Waals surface area contributed by atoms with Crippen molar-refractivity contribution >= 4 is 23.4 Å². The van der Waals surface area contributed by atoms with Crippen LogP contribution in [0.25, 0.3) is 0 Å². The lowest BCUT2D eigenvalue weighted by atomic mass is 10.2. The van der Waals surface area contributed by atoms with Crippen LogP contribution in [0.1, 0.15) is 38.3 Å². The third kappa shape index (κ3) is 6.61. The highest BCUT2D eigenvalue weighted by molar-refractivity contribution is 7.99. The zero-order valence-electron chi connectivity index (χ0n) is 19.3. The van der Waals surface area contributed by atoms with Crippen LogP contribution in [-0.2, 0) is 17.8 Å². The maximum Gasteiger partial charge on any atom is 0.234 e. The monoisotopic (exact) mass is 466 g/mol. The zero-order chi connectivity index (χ0) is 23.6. The molecule has 0 spiro atoms. The number of allylic oxidation sites excluding steroid dienone is 1. The fourth-order valence-electron chi connectivity index (χ4n) is 3.24. The second-order valence-corrected chi connectivity index (χ2v) is 8.21. The molecule has 0 fully saturated rings. The lowest BCUT2D eigenvalue weighted by Gasteiger charge is -2.16. The van der Waals surface area contributed by atoms with E-state index < -0.39 is 0 Å². The van der Waals surface area contributed by atoms with Crippen LogP contribution in [0, 0.1) is 0 Å². The van der Waals surface area contributed by atoms with Gasteiger partial charge >= 0.3 is 0 Å². The molecule has 1 heterocycles. The van der Waals surface area contributed by atoms with E-state index in [2.05, 4.69) is 41.1 Å². The summed E-state index contributed by atoms with van der Waals surface area (Å²) in [6.07, 6.45) is 2.44. The average molecular weight is 467 g/mol. The minimum atomic E-state index is -0.314. The minimum absolute atomic E-state index is 0.151. The van der Waals surface area contributed by atoms with Crippen molar-refractivity contribution in [3.05, 3.63) is 72.6 Å². The number of carbonyl (C=O) groups is 1. The molecule has 0 aliphatic heterocycles. The molecule has 1 amide bonds. The second kappa shape index (κ2) is 12.1. The number of hydrogen-bond donors (Lipinski definition) is 1. The molecule has 1 aromatic heterocycles. The molecule has 1 atom stereocenters. The van der Waals surface area contributed by atoms with E-state index in [0.29, 0.717) is 35.6 Å². The molecule has 2 aromatic carbocycles. The van der Waals surface area contributed by atoms with Gasteiger partial charge in [0.1, 0.15) is 11.5 Å². The highest BCUT2D eigenvalue weighted by Gasteiger charge is 2.20. The molecular weight excluding hydrogens is 436 g/mol. The largest absolute Gasteiger partial charge is 0.492 e. The first-order valence-corrected chi connectivity index (χ1v) is 12.0. The van der Waals surface area contributed by atoms with Gasteiger partial charge in [-0.2, -0.15) is 0 Å². The van der Waals surface area contributed by atoms with Crippen LogP contribution in [0.2, 0.25) is 0 Å². The van der Waals surface area contributed by atoms with Crippen molar-refractivity contribution < 1.29 is 14.3 Å². The van der Waals surface area contributed by atoms with Crippen LogP contribution in [0.15, 0.2) is 66.3 Å². The van der Waals surface area contributed by atoms with E-state index in [9.17, 15) is 4.79 Å². The molecule has 174 valence electrons. The minimum Gasteiger partial charge on any atom is -0.492 e. The van der Waals surface area contributed by atoms with E-state index >= 15 is 0 Å². The Kier molecular flexibility index (Phi) is 8.95. The number of thioether (sulfide) groups is 1. The summed E-state index contributed by atoms with van der Waals surface area (Å²) in [6.45, 7) is 10.8. The Morgan fingerprint density at radius 1 is 1.18 bits per heavy atom. The summed E-state index contributed by atoms with van der Waals surface area (Å²) in [7, 11) is 0. The summed E-state index contributed by atoms with van der Waals surface area (Å²) < 4.78 is 13.6. The first kappa shape index (κ1) is 24.4. The van der Waals surface area contributed by atoms with Gasteiger partial charge in [-0.3, -0.25) is 9.36 Å². The van der Waals surface area contributed by atoms with Crippen molar-refractivity contribution in [2.75, 3.05) is 17.7 Å². The number of para-hydroxylation sites is 2. The summed E-state index contributed by atoms with van der Waals surface area (Å²) in [5, 5.41) is 12.2. The molecule has 0 aliphatic carbocycles. The van der Waals surface area contributed by atoms with Gasteiger partial charge in [-0.05, 0) is 50.1 Å². The van der Waals surface area contributed by atoms with Crippen LogP contribution in [0.4, 0.5) is 5.69 Å². The SMILES string of the molecule is C=CCn1c(SCC(=O)Nc2ccccc2OCC)nnc1C(C)Oc1ccc(CC)cc1. The fourth-order valence-corrected chi connectivity index (χ4v) is 3.99. The van der Waals surface area contributed by atoms with Gasteiger partial charge in [-0.1, -0.05) is 49.0 Å². The zero-order valence-corrected chi connectivity index (χ0v) is 20.1. The number of ether oxygens (including phenoxy) is 2. The number of carbonyl (C=O) groups excluding carboxylic acids is 1. The highest BCUT2D eigenvalue weighted by atomic mass is 32.2. The molecule has 0 saturated heterocycles. The molecule has 0 radical (unpaired) electrons. The third-order valence-electron chi connectivity index (χ3n) is 4.86. The number of aromatic nitrogens is 3. The van der Waals surface area contributed by atoms with Crippen LogP contribution in [-0.4, -0.2) is 33.0 Å². The number of amides is 1. The van der Waals surface area contributed by atoms with E-state index in [1.165, 1.54) is 17.3 Å². The van der Waals surface area contributed by atoms with Gasteiger partial charge in [0, 0.05) is 6.54 Å². The Hall–Kier alpha value is -3.26. The molecule has 3 aromatic rings. The molecule has 1 N–H and O–H groups in total. The van der Waals surface area contributed by atoms with Gasteiger partial charge in [0.25, 0.3) is 0 Å². The maximum atomic E-state index is 12.6. The number of anilines is 1. The normalized spacial score (nSPS) is 11.6. The van der Waals surface area contributed by atoms with E-state index in [-0.39, 0.29) is 17.8 Å². The number of aryl methyl sites for hydroxylation is 1. The number of benzene rings is 2. The Labute approximate surface area is 199 Å². The lowest BCUT2D eigenvalue weighted by molar-refractivity contribution is -0.113. The van der Waals surface area contributed by atoms with E-state index in [1.54, 1.807) is 6.08 Å². The van der Waals surface area contributed by atoms with Gasteiger partial charge < -0.3 is 14.8 Å². The quantitative estimate of drug-likeness (QED) is 0.288. The topological polar surface area (TPSA) is 78.3 Å². The van der Waals surface area contributed by atoms with E-state index in [1.807, 2.05) is 54.8 Å². The average Bonchev–Trinajstić information content (AvgIpc) is 3.22. The number of hydrogen-bond acceptors (Lipinski definition) is 6. The molecule has 1 unspecified atom stereocenters. The molecule has 3 rings (SSSR count). The van der Waals surface area contributed by atoms with Crippen molar-refractivity contribution in [2.24, 2.45) is 0 Å². The molecular formula is C25H30N4O3S. The van der Waals surface area contributed by atoms with E-state index in [0.717, 1.165) is 12.2 Å². The number of nitrogens with zero attached hydrogens (tertiary/aromatic N) is 3. The highest BCUT2D eigenvalue weighted by Crippen LogP contribution is 2.27. The molecule has 0 saturated carbocycles. The van der Waals surface area contributed by atoms with Gasteiger partial charge in [-0.15, -0.1) is 16.8 Å². The Morgan fingerprint density at radius 2 is 1.94 bits per heavy atom. The summed E-state index contributed by atoms with van der Waals surface area (Å²) in [6, 6.07) is 15.4. The molecule has 7 nitrogen and oxygen atoms in total. The fraction of sp³-hybridized carbons (Fsp3) is 0.320. The smallest absolute Gasteiger partial charge is 0.234 e. The van der Waals surface area contributed by atoms with Gasteiger partial charge in [0.15, 0.2) is 17.1 Å². The first-order valence-electron chi connectivity index (χ1n) is 11.0. The summed E-state index contributed by atoms with van der Waals surface area (Å²) in [4.78, 5) is 12.6. The van der Waals surface area contributed by atoms with E-state index in [4.69, 9.17) is 9.47 Å². The Morgan fingerprint density at radius 3 is 2.64 bits per heavy atom. The predicted molar refractivity (Wildman–Crippen MR) is 132 cm³/mol. The Bertz CT molecular complexity index is 1070. The Balaban J connectivity index is 1.66. The van der Waals surface area contributed by atoms with Crippen LogP contribution >= 0.6 is 11.8 Å². The van der Waals surface area contributed by atoms with Gasteiger partial charge in [0.2, 0.25) is 5.91 Å². The van der Waals surface area contributed by atoms with Crippen molar-refractivity contribution in [2.45, 2.75) is 45.0 Å². The number of rotatable bonds is 12. The molecule has 33 heavy (non-hydrogen) atoms. The number of nitrogens with one attached hydrogen (secondary N) is 1. The van der Waals surface area contributed by atoms with Crippen molar-refractivity contribution in [3.8, 4) is 11.5 Å². The van der Waals surface area contributed by atoms with Gasteiger partial charge in [-0.25, -0.2) is 0 Å². The summed E-state index contributed by atoms with van der Waals surface area (Å²) in [5.74, 6) is 2.13. The summed E-state index contributed by atoms with van der Waals surface area (Å²) >= 11 is 1.32. The second-order valence-electron chi connectivity index (χ2n) is 7.26. The predicted octanol–water partition coefficient (Wildman–Crippen LogP) is 5.30. The summed E-state index contributed by atoms with van der Waals surface area (Å²) in [5.41, 5.74) is 1.90. The van der Waals surface area contributed by atoms with Crippen molar-refractivity contribution in [3.63, 3.8) is 0 Å². The maximum absolute atomic E-state index is 12.6. The van der Waals surface area contributed by atoms with Crippen LogP contribution in [0.5, 0.6) is 11.5 Å². The third-order valence-corrected chi connectivity index (χ3v) is 5.83. The van der Waals surface area contributed by atoms with Crippen LogP contribution in [0.3, 0.4) is 0 Å². The first-order chi connectivity index (χ1) is 16.0. The van der Waals surface area contributed by atoms with Crippen LogP contribution < -0.4 is 14.8 Å². The molecule has 0 bridgehead atoms. The van der Waals surface area contributed by atoms with Gasteiger partial charge in [0.05, 0.1) is 18.0 Å². The lowest BCUT2D eigenvalue weighted by Crippen LogP contribution is -2.16. The standard InChI is InChI=1S/C25H30N4O3S/c1-5-16-29-24(18(4)32-20-14-12-19(6-2)13-15-20)27-28-25(29)33-17-23(30)26-21-10-8-9-11-22(21)31-7-3/h5,8-15,18H,1,6-7,16-17H2,2-4H3,(H,26,30). The molecule has 0 aliphatic rings.